The number of hydrogen-bond donors (Lipinski definition) is 1. The number of benzene rings is 2. The van der Waals surface area contributed by atoms with Gasteiger partial charge >= 0.3 is 6.18 Å². The van der Waals surface area contributed by atoms with Crippen molar-refractivity contribution in [1.29, 1.82) is 0 Å². The van der Waals surface area contributed by atoms with Crippen molar-refractivity contribution in [2.45, 2.75) is 30.5 Å². The molecule has 11 heteroatoms. The number of anilines is 1. The first-order valence-corrected chi connectivity index (χ1v) is 12.1. The van der Waals surface area contributed by atoms with Gasteiger partial charge in [0.05, 0.1) is 23.2 Å². The SMILES string of the molecule is O=C(Nc1ccnn1Cc1ccccc1)C1CCN(S(=O)(=O)c2cccc(C(F)(F)F)c2)CC1. The van der Waals surface area contributed by atoms with Crippen LogP contribution in [0.5, 0.6) is 0 Å². The predicted molar refractivity (Wildman–Crippen MR) is 119 cm³/mol. The van der Waals surface area contributed by atoms with E-state index in [0.717, 1.165) is 28.1 Å². The Kier molecular flexibility index (Phi) is 6.76. The Morgan fingerprint density at radius 2 is 1.74 bits per heavy atom. The highest BCUT2D eigenvalue weighted by Crippen LogP contribution is 2.32. The number of rotatable bonds is 6. The minimum Gasteiger partial charge on any atom is -0.311 e. The summed E-state index contributed by atoms with van der Waals surface area (Å²) in [7, 11) is -4.10. The summed E-state index contributed by atoms with van der Waals surface area (Å²) in [6, 6.07) is 15.0. The fraction of sp³-hybridized carbons (Fsp3) is 0.304. The number of alkyl halides is 3. The lowest BCUT2D eigenvalue weighted by atomic mass is 9.97. The Morgan fingerprint density at radius 1 is 1.03 bits per heavy atom. The number of carbonyl (C=O) groups excluding carboxylic acids is 1. The third-order valence-corrected chi connectivity index (χ3v) is 7.66. The zero-order valence-corrected chi connectivity index (χ0v) is 18.9. The quantitative estimate of drug-likeness (QED) is 0.564. The molecule has 1 saturated heterocycles. The van der Waals surface area contributed by atoms with Crippen LogP contribution in [0.1, 0.15) is 24.0 Å². The van der Waals surface area contributed by atoms with Crippen LogP contribution in [0.2, 0.25) is 0 Å². The predicted octanol–water partition coefficient (Wildman–Crippen LogP) is 3.99. The summed E-state index contributed by atoms with van der Waals surface area (Å²) < 4.78 is 67.5. The van der Waals surface area contributed by atoms with E-state index in [2.05, 4.69) is 10.4 Å². The number of halogens is 3. The van der Waals surface area contributed by atoms with Crippen molar-refractivity contribution >= 4 is 21.7 Å². The number of nitrogens with one attached hydrogen (secondary N) is 1. The molecule has 1 aliphatic heterocycles. The molecule has 1 amide bonds. The topological polar surface area (TPSA) is 84.3 Å². The first kappa shape index (κ1) is 24.0. The molecule has 180 valence electrons. The van der Waals surface area contributed by atoms with E-state index in [4.69, 9.17) is 0 Å². The van der Waals surface area contributed by atoms with E-state index in [1.54, 1.807) is 16.9 Å². The summed E-state index contributed by atoms with van der Waals surface area (Å²) in [4.78, 5) is 12.4. The molecular formula is C23H23F3N4O3S. The van der Waals surface area contributed by atoms with Crippen LogP contribution in [0.15, 0.2) is 71.8 Å². The molecule has 1 aromatic heterocycles. The smallest absolute Gasteiger partial charge is 0.311 e. The molecular weight excluding hydrogens is 469 g/mol. The second kappa shape index (κ2) is 9.59. The summed E-state index contributed by atoms with van der Waals surface area (Å²) in [6.45, 7) is 0.566. The molecule has 2 aromatic carbocycles. The Bertz CT molecular complexity index is 1250. The maximum atomic E-state index is 13.0. The van der Waals surface area contributed by atoms with E-state index >= 15 is 0 Å². The maximum absolute atomic E-state index is 13.0. The van der Waals surface area contributed by atoms with Crippen LogP contribution in [0.25, 0.3) is 0 Å². The van der Waals surface area contributed by atoms with Crippen molar-refractivity contribution in [2.24, 2.45) is 5.92 Å². The van der Waals surface area contributed by atoms with Gasteiger partial charge in [0, 0.05) is 25.1 Å². The fourth-order valence-corrected chi connectivity index (χ4v) is 5.41. The third kappa shape index (κ3) is 5.31. The van der Waals surface area contributed by atoms with E-state index in [-0.39, 0.29) is 31.8 Å². The molecule has 1 N–H and O–H groups in total. The number of aromatic nitrogens is 2. The summed E-state index contributed by atoms with van der Waals surface area (Å²) >= 11 is 0. The van der Waals surface area contributed by atoms with Crippen molar-refractivity contribution in [2.75, 3.05) is 18.4 Å². The molecule has 0 atom stereocenters. The number of amides is 1. The van der Waals surface area contributed by atoms with Crippen LogP contribution < -0.4 is 5.32 Å². The van der Waals surface area contributed by atoms with E-state index in [9.17, 15) is 26.4 Å². The monoisotopic (exact) mass is 492 g/mol. The molecule has 34 heavy (non-hydrogen) atoms. The second-order valence-corrected chi connectivity index (χ2v) is 9.99. The van der Waals surface area contributed by atoms with Gasteiger partial charge in [0.1, 0.15) is 5.82 Å². The number of carbonyl (C=O) groups is 1. The molecule has 7 nitrogen and oxygen atoms in total. The standard InChI is InChI=1S/C23H23F3N4O3S/c24-23(25,26)19-7-4-8-20(15-19)34(32,33)29-13-10-18(11-14-29)22(31)28-21-9-12-27-30(21)16-17-5-2-1-3-6-17/h1-9,12,15,18H,10-11,13-14,16H2,(H,28,31). The Balaban J connectivity index is 1.38. The zero-order chi connectivity index (χ0) is 24.3. The van der Waals surface area contributed by atoms with Crippen molar-refractivity contribution in [3.63, 3.8) is 0 Å². The van der Waals surface area contributed by atoms with E-state index < -0.39 is 32.6 Å². The van der Waals surface area contributed by atoms with E-state index in [0.29, 0.717) is 18.4 Å². The summed E-state index contributed by atoms with van der Waals surface area (Å²) in [5.74, 6) is -0.133. The molecule has 0 aliphatic carbocycles. The van der Waals surface area contributed by atoms with Crippen LogP contribution in [-0.2, 0) is 27.5 Å². The molecule has 1 fully saturated rings. The van der Waals surface area contributed by atoms with Crippen LogP contribution in [0, 0.1) is 5.92 Å². The highest BCUT2D eigenvalue weighted by atomic mass is 32.2. The minimum absolute atomic E-state index is 0.0416. The highest BCUT2D eigenvalue weighted by Gasteiger charge is 2.35. The Morgan fingerprint density at radius 3 is 2.41 bits per heavy atom. The van der Waals surface area contributed by atoms with Crippen LogP contribution in [-0.4, -0.2) is 41.5 Å². The van der Waals surface area contributed by atoms with Gasteiger partial charge in [0.15, 0.2) is 0 Å². The lowest BCUT2D eigenvalue weighted by molar-refractivity contribution is -0.137. The first-order chi connectivity index (χ1) is 16.1. The van der Waals surface area contributed by atoms with Gasteiger partial charge in [-0.2, -0.15) is 22.6 Å². The highest BCUT2D eigenvalue weighted by molar-refractivity contribution is 7.89. The average molecular weight is 493 g/mol. The Hall–Kier alpha value is -3.18. The summed E-state index contributed by atoms with van der Waals surface area (Å²) in [5, 5.41) is 7.10. The van der Waals surface area contributed by atoms with Crippen molar-refractivity contribution in [3.8, 4) is 0 Å². The minimum atomic E-state index is -4.64. The molecule has 1 aliphatic rings. The lowest BCUT2D eigenvalue weighted by Crippen LogP contribution is -2.41. The van der Waals surface area contributed by atoms with Gasteiger partial charge in [-0.1, -0.05) is 36.4 Å². The molecule has 0 bridgehead atoms. The lowest BCUT2D eigenvalue weighted by Gasteiger charge is -2.30. The number of piperidine rings is 1. The average Bonchev–Trinajstić information content (AvgIpc) is 3.25. The van der Waals surface area contributed by atoms with Crippen LogP contribution in [0.3, 0.4) is 0 Å². The van der Waals surface area contributed by atoms with E-state index in [1.165, 1.54) is 0 Å². The Labute approximate surface area is 195 Å². The van der Waals surface area contributed by atoms with Crippen molar-refractivity contribution < 1.29 is 26.4 Å². The molecule has 2 heterocycles. The molecule has 0 spiro atoms. The first-order valence-electron chi connectivity index (χ1n) is 10.7. The molecule has 4 rings (SSSR count). The normalized spacial score (nSPS) is 15.9. The van der Waals surface area contributed by atoms with Gasteiger partial charge in [-0.05, 0) is 36.6 Å². The van der Waals surface area contributed by atoms with Gasteiger partial charge in [0.25, 0.3) is 0 Å². The van der Waals surface area contributed by atoms with Gasteiger partial charge in [-0.25, -0.2) is 13.1 Å². The van der Waals surface area contributed by atoms with Gasteiger partial charge < -0.3 is 5.32 Å². The molecule has 3 aromatic rings. The van der Waals surface area contributed by atoms with E-state index in [1.807, 2.05) is 30.3 Å². The van der Waals surface area contributed by atoms with Crippen LogP contribution >= 0.6 is 0 Å². The summed E-state index contributed by atoms with van der Waals surface area (Å²) in [6.07, 6.45) is -2.53. The van der Waals surface area contributed by atoms with Gasteiger partial charge in [0.2, 0.25) is 15.9 Å². The maximum Gasteiger partial charge on any atom is 0.416 e. The van der Waals surface area contributed by atoms with Crippen molar-refractivity contribution in [1.82, 2.24) is 14.1 Å². The molecule has 0 radical (unpaired) electrons. The van der Waals surface area contributed by atoms with Gasteiger partial charge in [-0.15, -0.1) is 0 Å². The zero-order valence-electron chi connectivity index (χ0n) is 18.1. The number of sulfonamides is 1. The molecule has 0 unspecified atom stereocenters. The van der Waals surface area contributed by atoms with Crippen LogP contribution in [0.4, 0.5) is 19.0 Å². The molecule has 0 saturated carbocycles. The second-order valence-electron chi connectivity index (χ2n) is 8.05. The van der Waals surface area contributed by atoms with Gasteiger partial charge in [-0.3, -0.25) is 4.79 Å². The largest absolute Gasteiger partial charge is 0.416 e. The summed E-state index contributed by atoms with van der Waals surface area (Å²) in [5.41, 5.74) is 0.00441. The fourth-order valence-electron chi connectivity index (χ4n) is 3.89. The van der Waals surface area contributed by atoms with Crippen molar-refractivity contribution in [3.05, 3.63) is 78.0 Å². The third-order valence-electron chi connectivity index (χ3n) is 5.77. The number of nitrogens with zero attached hydrogens (tertiary/aromatic N) is 3. The number of hydrogen-bond acceptors (Lipinski definition) is 4.